The minimum Gasteiger partial charge on any atom is -0.351 e. The van der Waals surface area contributed by atoms with Crippen molar-refractivity contribution in [2.24, 2.45) is 0 Å². The van der Waals surface area contributed by atoms with E-state index < -0.39 is 0 Å². The zero-order chi connectivity index (χ0) is 16.0. The average Bonchev–Trinajstić information content (AvgIpc) is 3.30. The van der Waals surface area contributed by atoms with E-state index in [-0.39, 0.29) is 0 Å². The molecule has 23 heavy (non-hydrogen) atoms. The third kappa shape index (κ3) is 2.85. The van der Waals surface area contributed by atoms with Crippen molar-refractivity contribution in [1.82, 2.24) is 20.2 Å². The van der Waals surface area contributed by atoms with Crippen LogP contribution in [0.1, 0.15) is 35.8 Å². The number of anilines is 2. The molecule has 6 heteroatoms. The summed E-state index contributed by atoms with van der Waals surface area (Å²) in [7, 11) is 2.07. The number of nitrogens with zero attached hydrogens (tertiary/aromatic N) is 6. The van der Waals surface area contributed by atoms with Gasteiger partial charge in [0.1, 0.15) is 0 Å². The largest absolute Gasteiger partial charge is 0.351 e. The van der Waals surface area contributed by atoms with E-state index in [1.54, 1.807) is 0 Å². The minimum absolute atomic E-state index is 0.418. The normalized spacial score (nSPS) is 18.0. The lowest BCUT2D eigenvalue weighted by atomic mass is 10.1. The van der Waals surface area contributed by atoms with Crippen molar-refractivity contribution >= 4 is 11.8 Å². The van der Waals surface area contributed by atoms with Gasteiger partial charge in [0.25, 0.3) is 0 Å². The van der Waals surface area contributed by atoms with E-state index in [2.05, 4.69) is 49.1 Å². The van der Waals surface area contributed by atoms with Gasteiger partial charge in [-0.15, -0.1) is 5.10 Å². The molecule has 1 saturated heterocycles. The van der Waals surface area contributed by atoms with Gasteiger partial charge in [-0.2, -0.15) is 5.10 Å². The molecule has 0 aromatic carbocycles. The van der Waals surface area contributed by atoms with Crippen LogP contribution in [0.25, 0.3) is 0 Å². The van der Waals surface area contributed by atoms with E-state index in [0.717, 1.165) is 41.9 Å². The predicted octanol–water partition coefficient (Wildman–Crippen LogP) is 2.09. The van der Waals surface area contributed by atoms with Crippen molar-refractivity contribution < 1.29 is 0 Å². The van der Waals surface area contributed by atoms with E-state index in [1.165, 1.54) is 12.8 Å². The van der Waals surface area contributed by atoms with Gasteiger partial charge in [-0.3, -0.25) is 0 Å². The minimum atomic E-state index is 0.418. The van der Waals surface area contributed by atoms with Crippen LogP contribution in [-0.2, 0) is 0 Å². The van der Waals surface area contributed by atoms with E-state index in [1.807, 2.05) is 19.9 Å². The van der Waals surface area contributed by atoms with Crippen LogP contribution in [0.15, 0.2) is 18.2 Å². The lowest BCUT2D eigenvalue weighted by Crippen LogP contribution is -2.59. The summed E-state index contributed by atoms with van der Waals surface area (Å²) in [5.41, 5.74) is 3.17. The van der Waals surface area contributed by atoms with E-state index >= 15 is 0 Å². The summed E-state index contributed by atoms with van der Waals surface area (Å²) < 4.78 is 0. The van der Waals surface area contributed by atoms with Crippen molar-refractivity contribution in [2.75, 3.05) is 29.9 Å². The highest BCUT2D eigenvalue weighted by Gasteiger charge is 2.33. The van der Waals surface area contributed by atoms with E-state index in [9.17, 15) is 0 Å². The molecule has 1 saturated carbocycles. The molecule has 0 bridgehead atoms. The van der Waals surface area contributed by atoms with Crippen LogP contribution in [0.4, 0.5) is 11.8 Å². The molecule has 120 valence electrons. The first-order valence-electron chi connectivity index (χ1n) is 8.24. The molecule has 0 radical (unpaired) electrons. The predicted molar refractivity (Wildman–Crippen MR) is 89.9 cm³/mol. The Morgan fingerprint density at radius 3 is 2.30 bits per heavy atom. The molecule has 0 spiro atoms. The van der Waals surface area contributed by atoms with Gasteiger partial charge < -0.3 is 9.80 Å². The average molecular weight is 310 g/mol. The highest BCUT2D eigenvalue weighted by Crippen LogP contribution is 2.38. The van der Waals surface area contributed by atoms with Gasteiger partial charge >= 0.3 is 0 Å². The summed E-state index contributed by atoms with van der Waals surface area (Å²) in [5, 5.41) is 8.75. The Bertz CT molecular complexity index is 683. The van der Waals surface area contributed by atoms with Gasteiger partial charge in [0.15, 0.2) is 5.82 Å². The van der Waals surface area contributed by atoms with Gasteiger partial charge in [-0.05, 0) is 44.9 Å². The second-order valence-corrected chi connectivity index (χ2v) is 6.71. The first kappa shape index (κ1) is 14.4. The zero-order valence-corrected chi connectivity index (χ0v) is 13.9. The highest BCUT2D eigenvalue weighted by atomic mass is 15.4. The second-order valence-electron chi connectivity index (χ2n) is 6.71. The van der Waals surface area contributed by atoms with Crippen molar-refractivity contribution in [2.45, 2.75) is 38.6 Å². The van der Waals surface area contributed by atoms with Gasteiger partial charge in [0.2, 0.25) is 5.95 Å². The van der Waals surface area contributed by atoms with Gasteiger partial charge in [-0.1, -0.05) is 0 Å². The van der Waals surface area contributed by atoms with E-state index in [4.69, 9.17) is 0 Å². The van der Waals surface area contributed by atoms with E-state index in [0.29, 0.717) is 12.0 Å². The Morgan fingerprint density at radius 1 is 1.04 bits per heavy atom. The molecule has 6 nitrogen and oxygen atoms in total. The quantitative estimate of drug-likeness (QED) is 0.862. The van der Waals surface area contributed by atoms with Crippen LogP contribution in [0, 0.1) is 13.8 Å². The molecule has 0 atom stereocenters. The molecule has 4 rings (SSSR count). The molecule has 2 fully saturated rings. The number of rotatable bonds is 4. The molecule has 2 aliphatic rings. The topological polar surface area (TPSA) is 58.0 Å². The summed E-state index contributed by atoms with van der Waals surface area (Å²) >= 11 is 0. The van der Waals surface area contributed by atoms with Crippen LogP contribution in [0.2, 0.25) is 0 Å². The standard InChI is InChI=1S/C17H22N6/c1-11-8-12(2)19-17(18-11)22(3)14-9-23(10-14)16-7-6-15(20-21-16)13-4-5-13/h6-8,13-14H,4-5,9-10H2,1-3H3. The summed E-state index contributed by atoms with van der Waals surface area (Å²) in [5.74, 6) is 2.44. The summed E-state index contributed by atoms with van der Waals surface area (Å²) in [4.78, 5) is 13.5. The zero-order valence-electron chi connectivity index (χ0n) is 13.9. The molecule has 2 aromatic rings. The van der Waals surface area contributed by atoms with Gasteiger partial charge in [0.05, 0.1) is 11.7 Å². The van der Waals surface area contributed by atoms with Crippen molar-refractivity contribution in [3.05, 3.63) is 35.3 Å². The number of aryl methyl sites for hydroxylation is 2. The summed E-state index contributed by atoms with van der Waals surface area (Å²) in [6.45, 7) is 5.89. The molecule has 1 aliphatic carbocycles. The molecule has 3 heterocycles. The van der Waals surface area contributed by atoms with Crippen molar-refractivity contribution in [1.29, 1.82) is 0 Å². The molecule has 0 unspecified atom stereocenters. The third-order valence-corrected chi connectivity index (χ3v) is 4.69. The number of hydrogen-bond acceptors (Lipinski definition) is 6. The van der Waals surface area contributed by atoms with Crippen molar-refractivity contribution in [3.8, 4) is 0 Å². The molecule has 0 amide bonds. The summed E-state index contributed by atoms with van der Waals surface area (Å²) in [6, 6.07) is 6.65. The van der Waals surface area contributed by atoms with Crippen molar-refractivity contribution in [3.63, 3.8) is 0 Å². The van der Waals surface area contributed by atoms with Crippen LogP contribution in [0.5, 0.6) is 0 Å². The monoisotopic (exact) mass is 310 g/mol. The molecule has 2 aromatic heterocycles. The Balaban J connectivity index is 1.40. The lowest BCUT2D eigenvalue weighted by molar-refractivity contribution is 0.484. The Labute approximate surface area is 136 Å². The first-order chi connectivity index (χ1) is 11.1. The fourth-order valence-corrected chi connectivity index (χ4v) is 3.02. The molecule has 1 aliphatic heterocycles. The maximum atomic E-state index is 4.54. The Morgan fingerprint density at radius 2 is 1.74 bits per heavy atom. The lowest BCUT2D eigenvalue weighted by Gasteiger charge is -2.44. The fourth-order valence-electron chi connectivity index (χ4n) is 3.02. The fraction of sp³-hybridized carbons (Fsp3) is 0.529. The molecular formula is C17H22N6. The van der Waals surface area contributed by atoms with Crippen LogP contribution in [0.3, 0.4) is 0 Å². The first-order valence-corrected chi connectivity index (χ1v) is 8.24. The maximum absolute atomic E-state index is 4.54. The Hall–Kier alpha value is -2.24. The van der Waals surface area contributed by atoms with Gasteiger partial charge in [-0.25, -0.2) is 9.97 Å². The Kier molecular flexibility index (Phi) is 3.39. The van der Waals surface area contributed by atoms with Gasteiger partial charge in [0, 0.05) is 37.4 Å². The molecular weight excluding hydrogens is 288 g/mol. The SMILES string of the molecule is Cc1cc(C)nc(N(C)C2CN(c3ccc(C4CC4)nn3)C2)n1. The number of hydrogen-bond donors (Lipinski definition) is 0. The van der Waals surface area contributed by atoms with Crippen LogP contribution >= 0.6 is 0 Å². The van der Waals surface area contributed by atoms with Crippen LogP contribution < -0.4 is 9.80 Å². The van der Waals surface area contributed by atoms with Crippen LogP contribution in [-0.4, -0.2) is 46.3 Å². The smallest absolute Gasteiger partial charge is 0.225 e. The number of likely N-dealkylation sites (N-methyl/N-ethyl adjacent to an activating group) is 1. The molecule has 0 N–H and O–H groups in total. The highest BCUT2D eigenvalue weighted by molar-refractivity contribution is 5.46. The maximum Gasteiger partial charge on any atom is 0.225 e. The second kappa shape index (κ2) is 5.44. The summed E-state index contributed by atoms with van der Waals surface area (Å²) in [6.07, 6.45) is 2.53. The number of aromatic nitrogens is 4. The third-order valence-electron chi connectivity index (χ3n) is 4.69.